The van der Waals surface area contributed by atoms with Crippen LogP contribution in [0.2, 0.25) is 36.3 Å². The van der Waals surface area contributed by atoms with Crippen LogP contribution in [-0.4, -0.2) is 40.9 Å². The van der Waals surface area contributed by atoms with Gasteiger partial charge in [-0.1, -0.05) is 47.6 Å². The van der Waals surface area contributed by atoms with Gasteiger partial charge in [0.2, 0.25) is 0 Å². The van der Waals surface area contributed by atoms with Crippen molar-refractivity contribution < 1.29 is 18.8 Å². The SMILES string of the molecule is CC(C)(C)[Si](C)(C)OCC(/C=C/C(=O)O)CO[Si](C)(C)C(C)(C)C. The third kappa shape index (κ3) is 7.63. The van der Waals surface area contributed by atoms with Crippen molar-refractivity contribution in [3.8, 4) is 0 Å². The van der Waals surface area contributed by atoms with Gasteiger partial charge in [0.1, 0.15) is 0 Å². The summed E-state index contributed by atoms with van der Waals surface area (Å²) in [6.45, 7) is 23.1. The Labute approximate surface area is 150 Å². The summed E-state index contributed by atoms with van der Waals surface area (Å²) >= 11 is 0. The molecule has 0 bridgehead atoms. The second-order valence-electron chi connectivity index (χ2n) is 9.60. The summed E-state index contributed by atoms with van der Waals surface area (Å²) in [7, 11) is -3.72. The summed E-state index contributed by atoms with van der Waals surface area (Å²) in [5.74, 6) is -0.969. The topological polar surface area (TPSA) is 55.8 Å². The highest BCUT2D eigenvalue weighted by atomic mass is 28.4. The van der Waals surface area contributed by atoms with Crippen LogP contribution in [0.1, 0.15) is 41.5 Å². The summed E-state index contributed by atoms with van der Waals surface area (Å²) in [5, 5.41) is 9.19. The molecule has 0 spiro atoms. The molecule has 4 nitrogen and oxygen atoms in total. The molecule has 0 saturated heterocycles. The number of hydrogen-bond donors (Lipinski definition) is 1. The first kappa shape index (κ1) is 23.6. The van der Waals surface area contributed by atoms with Crippen LogP contribution in [0.4, 0.5) is 0 Å². The first-order valence-corrected chi connectivity index (χ1v) is 14.5. The van der Waals surface area contributed by atoms with E-state index < -0.39 is 22.6 Å². The Morgan fingerprint density at radius 1 is 0.917 bits per heavy atom. The third-order valence-corrected chi connectivity index (χ3v) is 14.4. The van der Waals surface area contributed by atoms with E-state index in [1.807, 2.05) is 0 Å². The van der Waals surface area contributed by atoms with Crippen LogP contribution >= 0.6 is 0 Å². The number of hydrogen-bond acceptors (Lipinski definition) is 3. The molecule has 0 aliphatic heterocycles. The van der Waals surface area contributed by atoms with Crippen molar-refractivity contribution in [2.45, 2.75) is 77.8 Å². The number of carbonyl (C=O) groups is 1. The van der Waals surface area contributed by atoms with Crippen LogP contribution < -0.4 is 0 Å². The Hall–Kier alpha value is -0.436. The zero-order chi connectivity index (χ0) is 19.4. The van der Waals surface area contributed by atoms with E-state index in [4.69, 9.17) is 14.0 Å². The summed E-state index contributed by atoms with van der Waals surface area (Å²) in [6.07, 6.45) is 2.91. The fourth-order valence-electron chi connectivity index (χ4n) is 1.44. The summed E-state index contributed by atoms with van der Waals surface area (Å²) in [4.78, 5) is 10.9. The van der Waals surface area contributed by atoms with Gasteiger partial charge in [-0.05, 0) is 36.3 Å². The number of aliphatic carboxylic acids is 1. The average molecular weight is 375 g/mol. The molecule has 0 unspecified atom stereocenters. The van der Waals surface area contributed by atoms with E-state index in [0.29, 0.717) is 13.2 Å². The van der Waals surface area contributed by atoms with Crippen LogP contribution in [0.25, 0.3) is 0 Å². The third-order valence-electron chi connectivity index (χ3n) is 5.44. The molecule has 0 fully saturated rings. The molecule has 0 saturated carbocycles. The van der Waals surface area contributed by atoms with Crippen molar-refractivity contribution in [1.82, 2.24) is 0 Å². The smallest absolute Gasteiger partial charge is 0.327 e. The van der Waals surface area contributed by atoms with Crippen LogP contribution in [0.5, 0.6) is 0 Å². The van der Waals surface area contributed by atoms with Gasteiger partial charge in [0.15, 0.2) is 16.6 Å². The first-order valence-electron chi connectivity index (χ1n) is 8.69. The van der Waals surface area contributed by atoms with Crippen molar-refractivity contribution in [2.75, 3.05) is 13.2 Å². The molecule has 0 aliphatic rings. The lowest BCUT2D eigenvalue weighted by Crippen LogP contribution is -2.44. The van der Waals surface area contributed by atoms with Gasteiger partial charge in [0.05, 0.1) is 0 Å². The van der Waals surface area contributed by atoms with Crippen molar-refractivity contribution in [3.05, 3.63) is 12.2 Å². The second-order valence-corrected chi connectivity index (χ2v) is 19.2. The maximum absolute atomic E-state index is 10.9. The van der Waals surface area contributed by atoms with Gasteiger partial charge >= 0.3 is 5.97 Å². The molecule has 24 heavy (non-hydrogen) atoms. The Balaban J connectivity index is 4.99. The van der Waals surface area contributed by atoms with E-state index in [1.165, 1.54) is 6.08 Å². The van der Waals surface area contributed by atoms with Crippen molar-refractivity contribution in [1.29, 1.82) is 0 Å². The molecule has 0 rings (SSSR count). The molecule has 142 valence electrons. The lowest BCUT2D eigenvalue weighted by Gasteiger charge is -2.39. The minimum atomic E-state index is -1.86. The van der Waals surface area contributed by atoms with E-state index in [0.717, 1.165) is 0 Å². The monoisotopic (exact) mass is 374 g/mol. The highest BCUT2D eigenvalue weighted by molar-refractivity contribution is 6.74. The number of carboxylic acid groups (broad SMARTS) is 1. The Kier molecular flexibility index (Phi) is 8.14. The second kappa shape index (κ2) is 8.30. The zero-order valence-corrected chi connectivity index (χ0v) is 19.3. The first-order chi connectivity index (χ1) is 10.5. The zero-order valence-electron chi connectivity index (χ0n) is 17.3. The number of rotatable bonds is 8. The predicted octanol–water partition coefficient (Wildman–Crippen LogP) is 5.29. The largest absolute Gasteiger partial charge is 0.478 e. The minimum absolute atomic E-state index is 0.0376. The fourth-order valence-corrected chi connectivity index (χ4v) is 3.57. The highest BCUT2D eigenvalue weighted by Crippen LogP contribution is 2.38. The van der Waals surface area contributed by atoms with Crippen molar-refractivity contribution in [3.63, 3.8) is 0 Å². The standard InChI is InChI=1S/C18H38O4Si2/c1-17(2,3)23(7,8)21-13-15(11-12-16(19)20)14-22-24(9,10)18(4,5)6/h11-12,15H,13-14H2,1-10H3,(H,19,20)/b12-11+. The predicted molar refractivity (Wildman–Crippen MR) is 107 cm³/mol. The van der Waals surface area contributed by atoms with E-state index in [-0.39, 0.29) is 16.0 Å². The number of carboxylic acids is 1. The van der Waals surface area contributed by atoms with Crippen LogP contribution in [0.3, 0.4) is 0 Å². The molecule has 0 radical (unpaired) electrons. The van der Waals surface area contributed by atoms with E-state index in [1.54, 1.807) is 6.08 Å². The minimum Gasteiger partial charge on any atom is -0.478 e. The summed E-state index contributed by atoms with van der Waals surface area (Å²) < 4.78 is 12.5. The maximum Gasteiger partial charge on any atom is 0.327 e. The average Bonchev–Trinajstić information content (AvgIpc) is 2.34. The van der Waals surface area contributed by atoms with Crippen LogP contribution in [0.15, 0.2) is 12.2 Å². The van der Waals surface area contributed by atoms with Crippen molar-refractivity contribution >= 4 is 22.6 Å². The van der Waals surface area contributed by atoms with Crippen molar-refractivity contribution in [2.24, 2.45) is 5.92 Å². The Morgan fingerprint density at radius 3 is 1.50 bits per heavy atom. The Bertz CT molecular complexity index is 413. The van der Waals surface area contributed by atoms with Gasteiger partial charge < -0.3 is 14.0 Å². The molecule has 0 heterocycles. The quantitative estimate of drug-likeness (QED) is 0.463. The lowest BCUT2D eigenvalue weighted by atomic mass is 10.1. The molecule has 1 N–H and O–H groups in total. The summed E-state index contributed by atoms with van der Waals surface area (Å²) in [6, 6.07) is 0. The van der Waals surface area contributed by atoms with Gasteiger partial charge in [-0.3, -0.25) is 0 Å². The molecule has 0 aromatic heterocycles. The van der Waals surface area contributed by atoms with Gasteiger partial charge in [-0.2, -0.15) is 0 Å². The molecular formula is C18H38O4Si2. The van der Waals surface area contributed by atoms with E-state index in [9.17, 15) is 4.79 Å². The normalized spacial score (nSPS) is 14.6. The van der Waals surface area contributed by atoms with Crippen LogP contribution in [0, 0.1) is 5.92 Å². The molecule has 0 atom stereocenters. The molecule has 0 aromatic rings. The molecule has 0 aromatic carbocycles. The van der Waals surface area contributed by atoms with E-state index >= 15 is 0 Å². The van der Waals surface area contributed by atoms with E-state index in [2.05, 4.69) is 67.7 Å². The lowest BCUT2D eigenvalue weighted by molar-refractivity contribution is -0.131. The van der Waals surface area contributed by atoms with Gasteiger partial charge in [0.25, 0.3) is 0 Å². The van der Waals surface area contributed by atoms with Gasteiger partial charge in [-0.25, -0.2) is 4.79 Å². The molecule has 0 aliphatic carbocycles. The van der Waals surface area contributed by atoms with Crippen LogP contribution in [-0.2, 0) is 13.6 Å². The van der Waals surface area contributed by atoms with Gasteiger partial charge in [0, 0.05) is 25.2 Å². The molecular weight excluding hydrogens is 336 g/mol. The highest BCUT2D eigenvalue weighted by Gasteiger charge is 2.39. The summed E-state index contributed by atoms with van der Waals surface area (Å²) in [5.41, 5.74) is 0. The maximum atomic E-state index is 10.9. The Morgan fingerprint density at radius 2 is 1.25 bits per heavy atom. The molecule has 6 heteroatoms. The van der Waals surface area contributed by atoms with Gasteiger partial charge in [-0.15, -0.1) is 0 Å². The fraction of sp³-hybridized carbons (Fsp3) is 0.833. The molecule has 0 amide bonds.